The maximum atomic E-state index is 12.4. The Bertz CT molecular complexity index is 740. The molecular weight excluding hydrogens is 280 g/mol. The molecule has 22 heavy (non-hydrogen) atoms. The van der Waals surface area contributed by atoms with E-state index in [1.165, 1.54) is 0 Å². The van der Waals surface area contributed by atoms with E-state index >= 15 is 0 Å². The molecule has 2 N–H and O–H groups in total. The van der Waals surface area contributed by atoms with Gasteiger partial charge in [-0.05, 0) is 30.2 Å². The van der Waals surface area contributed by atoms with E-state index in [1.54, 1.807) is 18.2 Å². The number of benzene rings is 2. The molecule has 0 fully saturated rings. The monoisotopic (exact) mass is 296 g/mol. The van der Waals surface area contributed by atoms with Crippen LogP contribution in [0.5, 0.6) is 5.75 Å². The lowest BCUT2D eigenvalue weighted by atomic mass is 10.1. The summed E-state index contributed by atoms with van der Waals surface area (Å²) in [6.07, 6.45) is 0. The van der Waals surface area contributed by atoms with Crippen molar-refractivity contribution in [2.45, 2.75) is 13.5 Å². The fourth-order valence-electron chi connectivity index (χ4n) is 2.37. The van der Waals surface area contributed by atoms with Gasteiger partial charge in [-0.3, -0.25) is 9.59 Å². The van der Waals surface area contributed by atoms with E-state index in [2.05, 4.69) is 10.6 Å². The normalized spacial score (nSPS) is 12.9. The molecule has 1 aliphatic rings. The zero-order valence-corrected chi connectivity index (χ0v) is 12.2. The van der Waals surface area contributed by atoms with E-state index in [1.807, 2.05) is 31.2 Å². The Kier molecular flexibility index (Phi) is 3.78. The van der Waals surface area contributed by atoms with Crippen LogP contribution in [-0.2, 0) is 11.3 Å². The molecule has 0 spiro atoms. The molecule has 0 aromatic heterocycles. The van der Waals surface area contributed by atoms with E-state index in [4.69, 9.17) is 4.74 Å². The van der Waals surface area contributed by atoms with Crippen LogP contribution in [0.4, 0.5) is 5.69 Å². The standard InChI is InChI=1S/C17H16N2O3/c1-11-5-2-3-6-12(11)9-18-17(21)13-7-4-8-14-16(13)22-10-15(20)19-14/h2-8H,9-10H2,1H3,(H,18,21)(H,19,20). The Balaban J connectivity index is 1.77. The van der Waals surface area contributed by atoms with Crippen molar-refractivity contribution in [3.63, 3.8) is 0 Å². The number of aryl methyl sites for hydroxylation is 1. The Morgan fingerprint density at radius 2 is 2.05 bits per heavy atom. The van der Waals surface area contributed by atoms with Gasteiger partial charge in [-0.15, -0.1) is 0 Å². The number of carbonyl (C=O) groups excluding carboxylic acids is 2. The fourth-order valence-corrected chi connectivity index (χ4v) is 2.37. The summed E-state index contributed by atoms with van der Waals surface area (Å²) in [5, 5.41) is 5.58. The molecule has 0 unspecified atom stereocenters. The van der Waals surface area contributed by atoms with Crippen LogP contribution in [0.15, 0.2) is 42.5 Å². The molecule has 5 nitrogen and oxygen atoms in total. The lowest BCUT2D eigenvalue weighted by Gasteiger charge is -2.20. The molecular formula is C17H16N2O3. The van der Waals surface area contributed by atoms with Gasteiger partial charge in [-0.1, -0.05) is 30.3 Å². The second-order valence-electron chi connectivity index (χ2n) is 5.13. The number of anilines is 1. The molecule has 0 saturated heterocycles. The highest BCUT2D eigenvalue weighted by Gasteiger charge is 2.22. The van der Waals surface area contributed by atoms with Crippen molar-refractivity contribution < 1.29 is 14.3 Å². The van der Waals surface area contributed by atoms with Gasteiger partial charge >= 0.3 is 0 Å². The maximum absolute atomic E-state index is 12.4. The summed E-state index contributed by atoms with van der Waals surface area (Å²) in [7, 11) is 0. The van der Waals surface area contributed by atoms with Crippen LogP contribution in [0.25, 0.3) is 0 Å². The van der Waals surface area contributed by atoms with E-state index in [9.17, 15) is 9.59 Å². The summed E-state index contributed by atoms with van der Waals surface area (Å²) in [4.78, 5) is 23.7. The first-order chi connectivity index (χ1) is 10.6. The van der Waals surface area contributed by atoms with E-state index in [0.717, 1.165) is 11.1 Å². The SMILES string of the molecule is Cc1ccccc1CNC(=O)c1cccc2c1OCC(=O)N2. The highest BCUT2D eigenvalue weighted by molar-refractivity contribution is 6.03. The van der Waals surface area contributed by atoms with E-state index in [0.29, 0.717) is 23.5 Å². The zero-order valence-electron chi connectivity index (χ0n) is 12.2. The largest absolute Gasteiger partial charge is 0.481 e. The molecule has 5 heteroatoms. The summed E-state index contributed by atoms with van der Waals surface area (Å²) in [5.41, 5.74) is 3.14. The number of carbonyl (C=O) groups is 2. The average Bonchev–Trinajstić information content (AvgIpc) is 2.53. The van der Waals surface area contributed by atoms with Gasteiger partial charge in [0.25, 0.3) is 11.8 Å². The molecule has 0 atom stereocenters. The van der Waals surface area contributed by atoms with Crippen molar-refractivity contribution in [3.8, 4) is 5.75 Å². The number of hydrogen-bond donors (Lipinski definition) is 2. The molecule has 112 valence electrons. The van der Waals surface area contributed by atoms with Crippen molar-refractivity contribution >= 4 is 17.5 Å². The topological polar surface area (TPSA) is 67.4 Å². The summed E-state index contributed by atoms with van der Waals surface area (Å²) < 4.78 is 5.39. The lowest BCUT2D eigenvalue weighted by Crippen LogP contribution is -2.29. The Hall–Kier alpha value is -2.82. The van der Waals surface area contributed by atoms with E-state index in [-0.39, 0.29) is 18.4 Å². The van der Waals surface area contributed by atoms with Gasteiger partial charge in [-0.2, -0.15) is 0 Å². The van der Waals surface area contributed by atoms with Crippen molar-refractivity contribution in [3.05, 3.63) is 59.2 Å². The Morgan fingerprint density at radius 3 is 2.86 bits per heavy atom. The fraction of sp³-hybridized carbons (Fsp3) is 0.176. The zero-order chi connectivity index (χ0) is 15.5. The van der Waals surface area contributed by atoms with E-state index < -0.39 is 0 Å². The first-order valence-corrected chi connectivity index (χ1v) is 7.03. The number of fused-ring (bicyclic) bond motifs is 1. The molecule has 0 saturated carbocycles. The van der Waals surface area contributed by atoms with Crippen LogP contribution in [0.2, 0.25) is 0 Å². The molecule has 3 rings (SSSR count). The summed E-state index contributed by atoms with van der Waals surface area (Å²) in [5.74, 6) is -0.0226. The predicted octanol–water partition coefficient (Wildman–Crippen LogP) is 2.26. The maximum Gasteiger partial charge on any atom is 0.262 e. The van der Waals surface area contributed by atoms with Crippen molar-refractivity contribution in [2.75, 3.05) is 11.9 Å². The van der Waals surface area contributed by atoms with Gasteiger partial charge in [-0.25, -0.2) is 0 Å². The number of para-hydroxylation sites is 1. The Morgan fingerprint density at radius 1 is 1.23 bits per heavy atom. The first kappa shape index (κ1) is 14.1. The number of hydrogen-bond acceptors (Lipinski definition) is 3. The highest BCUT2D eigenvalue weighted by Crippen LogP contribution is 2.31. The quantitative estimate of drug-likeness (QED) is 0.913. The third kappa shape index (κ3) is 2.79. The first-order valence-electron chi connectivity index (χ1n) is 7.03. The lowest BCUT2D eigenvalue weighted by molar-refractivity contribution is -0.118. The summed E-state index contributed by atoms with van der Waals surface area (Å²) >= 11 is 0. The molecule has 2 amide bonds. The van der Waals surface area contributed by atoms with Crippen LogP contribution < -0.4 is 15.4 Å². The van der Waals surface area contributed by atoms with Gasteiger partial charge in [0.05, 0.1) is 11.3 Å². The molecule has 2 aromatic carbocycles. The number of rotatable bonds is 3. The van der Waals surface area contributed by atoms with Crippen LogP contribution >= 0.6 is 0 Å². The Labute approximate surface area is 128 Å². The number of amides is 2. The molecule has 0 radical (unpaired) electrons. The molecule has 0 aliphatic carbocycles. The van der Waals surface area contributed by atoms with Crippen LogP contribution in [0.1, 0.15) is 21.5 Å². The van der Waals surface area contributed by atoms with Gasteiger partial charge in [0.1, 0.15) is 0 Å². The van der Waals surface area contributed by atoms with Gasteiger partial charge in [0, 0.05) is 6.54 Å². The highest BCUT2D eigenvalue weighted by atomic mass is 16.5. The summed E-state index contributed by atoms with van der Waals surface area (Å²) in [6, 6.07) is 13.0. The number of nitrogens with one attached hydrogen (secondary N) is 2. The second-order valence-corrected chi connectivity index (χ2v) is 5.13. The second kappa shape index (κ2) is 5.89. The van der Waals surface area contributed by atoms with Gasteiger partial charge < -0.3 is 15.4 Å². The minimum atomic E-state index is -0.226. The molecule has 0 bridgehead atoms. The number of ether oxygens (including phenoxy) is 1. The molecule has 1 aliphatic heterocycles. The minimum absolute atomic E-state index is 0.0743. The average molecular weight is 296 g/mol. The summed E-state index contributed by atoms with van der Waals surface area (Å²) in [6.45, 7) is 2.38. The smallest absolute Gasteiger partial charge is 0.262 e. The van der Waals surface area contributed by atoms with Crippen molar-refractivity contribution in [1.82, 2.24) is 5.32 Å². The van der Waals surface area contributed by atoms with Crippen LogP contribution in [-0.4, -0.2) is 18.4 Å². The third-order valence-corrected chi connectivity index (χ3v) is 3.58. The third-order valence-electron chi connectivity index (χ3n) is 3.58. The van der Waals surface area contributed by atoms with Crippen molar-refractivity contribution in [2.24, 2.45) is 0 Å². The van der Waals surface area contributed by atoms with Crippen LogP contribution in [0, 0.1) is 6.92 Å². The van der Waals surface area contributed by atoms with Crippen molar-refractivity contribution in [1.29, 1.82) is 0 Å². The van der Waals surface area contributed by atoms with Gasteiger partial charge in [0.15, 0.2) is 12.4 Å². The predicted molar refractivity (Wildman–Crippen MR) is 82.9 cm³/mol. The molecule has 2 aromatic rings. The minimum Gasteiger partial charge on any atom is -0.481 e. The van der Waals surface area contributed by atoms with Gasteiger partial charge in [0.2, 0.25) is 0 Å². The molecule has 1 heterocycles. The van der Waals surface area contributed by atoms with Crippen LogP contribution in [0.3, 0.4) is 0 Å².